The molecule has 0 spiro atoms. The number of aromatic nitrogens is 3. The molecule has 1 aliphatic heterocycles. The molecule has 2 rings (SSSR count). The van der Waals surface area contributed by atoms with E-state index in [1.165, 1.54) is 0 Å². The molecule has 0 fully saturated rings. The van der Waals surface area contributed by atoms with Gasteiger partial charge in [0.25, 0.3) is 0 Å². The highest BCUT2D eigenvalue weighted by Crippen LogP contribution is 2.19. The highest BCUT2D eigenvalue weighted by Gasteiger charge is 2.22. The van der Waals surface area contributed by atoms with Gasteiger partial charge in [0.05, 0.1) is 0 Å². The normalized spacial score (nSPS) is 25.0. The molecule has 0 radical (unpaired) electrons. The van der Waals surface area contributed by atoms with Gasteiger partial charge < -0.3 is 5.73 Å². The van der Waals surface area contributed by atoms with Crippen LogP contribution in [0.2, 0.25) is 0 Å². The SMILES string of the molecule is CC(N)C1CCc2ncnn2C1. The molecule has 1 aromatic rings. The first-order valence-electron chi connectivity index (χ1n) is 4.39. The Morgan fingerprint density at radius 2 is 2.58 bits per heavy atom. The van der Waals surface area contributed by atoms with Crippen molar-refractivity contribution >= 4 is 0 Å². The van der Waals surface area contributed by atoms with Crippen LogP contribution in [0.5, 0.6) is 0 Å². The fourth-order valence-electron chi connectivity index (χ4n) is 1.69. The summed E-state index contributed by atoms with van der Waals surface area (Å²) in [6, 6.07) is 0.266. The van der Waals surface area contributed by atoms with Gasteiger partial charge in [-0.1, -0.05) is 0 Å². The van der Waals surface area contributed by atoms with E-state index < -0.39 is 0 Å². The van der Waals surface area contributed by atoms with Crippen molar-refractivity contribution in [3.05, 3.63) is 12.2 Å². The van der Waals surface area contributed by atoms with Gasteiger partial charge in [-0.25, -0.2) is 9.67 Å². The van der Waals surface area contributed by atoms with Crippen LogP contribution in [0.4, 0.5) is 0 Å². The van der Waals surface area contributed by atoms with Crippen molar-refractivity contribution in [1.82, 2.24) is 14.8 Å². The van der Waals surface area contributed by atoms with Crippen LogP contribution < -0.4 is 5.73 Å². The number of hydrogen-bond donors (Lipinski definition) is 1. The Balaban J connectivity index is 2.15. The van der Waals surface area contributed by atoms with Crippen LogP contribution >= 0.6 is 0 Å². The number of fused-ring (bicyclic) bond motifs is 1. The molecule has 0 aromatic carbocycles. The summed E-state index contributed by atoms with van der Waals surface area (Å²) in [7, 11) is 0. The van der Waals surface area contributed by atoms with Gasteiger partial charge in [-0.05, 0) is 19.3 Å². The van der Waals surface area contributed by atoms with Crippen LogP contribution in [0.25, 0.3) is 0 Å². The molecular weight excluding hydrogens is 152 g/mol. The highest BCUT2D eigenvalue weighted by molar-refractivity contribution is 4.91. The van der Waals surface area contributed by atoms with Crippen molar-refractivity contribution in [1.29, 1.82) is 0 Å². The molecule has 1 aliphatic rings. The standard InChI is InChI=1S/C8H14N4/c1-6(9)7-2-3-8-10-5-11-12(8)4-7/h5-7H,2-4,9H2,1H3. The van der Waals surface area contributed by atoms with Crippen molar-refractivity contribution < 1.29 is 0 Å². The van der Waals surface area contributed by atoms with Crippen molar-refractivity contribution in [3.8, 4) is 0 Å². The number of aryl methyl sites for hydroxylation is 1. The molecular formula is C8H14N4. The van der Waals surface area contributed by atoms with Crippen LogP contribution in [0.1, 0.15) is 19.2 Å². The lowest BCUT2D eigenvalue weighted by atomic mass is 9.94. The number of nitrogens with zero attached hydrogens (tertiary/aromatic N) is 3. The first kappa shape index (κ1) is 7.73. The second kappa shape index (κ2) is 2.86. The summed E-state index contributed by atoms with van der Waals surface area (Å²) in [6.45, 7) is 3.00. The maximum absolute atomic E-state index is 5.83. The molecule has 2 unspecified atom stereocenters. The third-order valence-electron chi connectivity index (χ3n) is 2.59. The summed E-state index contributed by atoms with van der Waals surface area (Å²) in [4.78, 5) is 4.16. The van der Waals surface area contributed by atoms with Gasteiger partial charge in [0.15, 0.2) is 0 Å². The van der Waals surface area contributed by atoms with Gasteiger partial charge >= 0.3 is 0 Å². The molecule has 0 bridgehead atoms. The maximum Gasteiger partial charge on any atom is 0.138 e. The second-order valence-electron chi connectivity index (χ2n) is 3.52. The topological polar surface area (TPSA) is 56.7 Å². The van der Waals surface area contributed by atoms with E-state index in [0.717, 1.165) is 25.2 Å². The minimum absolute atomic E-state index is 0.266. The monoisotopic (exact) mass is 166 g/mol. The minimum Gasteiger partial charge on any atom is -0.328 e. The molecule has 0 aliphatic carbocycles. The van der Waals surface area contributed by atoms with E-state index in [0.29, 0.717) is 5.92 Å². The van der Waals surface area contributed by atoms with E-state index in [4.69, 9.17) is 5.73 Å². The predicted octanol–water partition coefficient (Wildman–Crippen LogP) is 0.188. The second-order valence-corrected chi connectivity index (χ2v) is 3.52. The molecule has 0 amide bonds. The summed E-state index contributed by atoms with van der Waals surface area (Å²) >= 11 is 0. The van der Waals surface area contributed by atoms with Crippen molar-refractivity contribution in [2.24, 2.45) is 11.7 Å². The van der Waals surface area contributed by atoms with Crippen LogP contribution in [-0.4, -0.2) is 20.8 Å². The fraction of sp³-hybridized carbons (Fsp3) is 0.750. The van der Waals surface area contributed by atoms with E-state index in [2.05, 4.69) is 17.0 Å². The quantitative estimate of drug-likeness (QED) is 0.647. The molecule has 4 heteroatoms. The van der Waals surface area contributed by atoms with Crippen molar-refractivity contribution in [2.45, 2.75) is 32.4 Å². The summed E-state index contributed by atoms with van der Waals surface area (Å²) in [5.74, 6) is 1.67. The molecule has 2 heterocycles. The number of nitrogens with two attached hydrogens (primary N) is 1. The van der Waals surface area contributed by atoms with Crippen molar-refractivity contribution in [2.75, 3.05) is 0 Å². The van der Waals surface area contributed by atoms with E-state index in [1.54, 1.807) is 6.33 Å². The average Bonchev–Trinajstić information content (AvgIpc) is 2.49. The first-order valence-corrected chi connectivity index (χ1v) is 4.39. The van der Waals surface area contributed by atoms with E-state index in [-0.39, 0.29) is 6.04 Å². The lowest BCUT2D eigenvalue weighted by molar-refractivity contribution is 0.303. The van der Waals surface area contributed by atoms with Crippen LogP contribution in [-0.2, 0) is 13.0 Å². The minimum atomic E-state index is 0.266. The van der Waals surface area contributed by atoms with E-state index >= 15 is 0 Å². The number of hydrogen-bond acceptors (Lipinski definition) is 3. The summed E-state index contributed by atoms with van der Waals surface area (Å²) in [5, 5.41) is 4.14. The zero-order valence-corrected chi connectivity index (χ0v) is 7.27. The Bertz CT molecular complexity index is 266. The number of rotatable bonds is 1. The van der Waals surface area contributed by atoms with Gasteiger partial charge in [0, 0.05) is 19.0 Å². The average molecular weight is 166 g/mol. The molecule has 66 valence electrons. The van der Waals surface area contributed by atoms with Gasteiger partial charge in [0.2, 0.25) is 0 Å². The summed E-state index contributed by atoms with van der Waals surface area (Å²) < 4.78 is 1.97. The Morgan fingerprint density at radius 1 is 1.75 bits per heavy atom. The smallest absolute Gasteiger partial charge is 0.138 e. The summed E-state index contributed by atoms with van der Waals surface area (Å²) in [6.07, 6.45) is 3.79. The van der Waals surface area contributed by atoms with Crippen molar-refractivity contribution in [3.63, 3.8) is 0 Å². The fourth-order valence-corrected chi connectivity index (χ4v) is 1.69. The Morgan fingerprint density at radius 3 is 3.33 bits per heavy atom. The molecule has 1 aromatic heterocycles. The maximum atomic E-state index is 5.83. The van der Waals surface area contributed by atoms with Gasteiger partial charge in [-0.2, -0.15) is 5.10 Å². The van der Waals surface area contributed by atoms with E-state index in [1.807, 2.05) is 4.68 Å². The van der Waals surface area contributed by atoms with Crippen LogP contribution in [0, 0.1) is 5.92 Å². The van der Waals surface area contributed by atoms with Crippen LogP contribution in [0.3, 0.4) is 0 Å². The Hall–Kier alpha value is -0.900. The molecule has 2 N–H and O–H groups in total. The molecule has 4 nitrogen and oxygen atoms in total. The Kier molecular flexibility index (Phi) is 1.84. The molecule has 0 saturated carbocycles. The van der Waals surface area contributed by atoms with Gasteiger partial charge in [-0.15, -0.1) is 0 Å². The van der Waals surface area contributed by atoms with Gasteiger partial charge in [-0.3, -0.25) is 0 Å². The Labute approximate surface area is 71.8 Å². The third kappa shape index (κ3) is 1.22. The zero-order chi connectivity index (χ0) is 8.55. The highest BCUT2D eigenvalue weighted by atomic mass is 15.3. The predicted molar refractivity (Wildman–Crippen MR) is 45.5 cm³/mol. The third-order valence-corrected chi connectivity index (χ3v) is 2.59. The molecule has 2 atom stereocenters. The molecule has 0 saturated heterocycles. The molecule has 12 heavy (non-hydrogen) atoms. The van der Waals surface area contributed by atoms with Crippen LogP contribution in [0.15, 0.2) is 6.33 Å². The summed E-state index contributed by atoms with van der Waals surface area (Å²) in [5.41, 5.74) is 5.83. The lowest BCUT2D eigenvalue weighted by Gasteiger charge is -2.25. The zero-order valence-electron chi connectivity index (χ0n) is 7.27. The van der Waals surface area contributed by atoms with E-state index in [9.17, 15) is 0 Å². The van der Waals surface area contributed by atoms with Gasteiger partial charge in [0.1, 0.15) is 12.2 Å². The lowest BCUT2D eigenvalue weighted by Crippen LogP contribution is -2.34. The largest absolute Gasteiger partial charge is 0.328 e. The first-order chi connectivity index (χ1) is 5.77.